The molecule has 0 atom stereocenters. The van der Waals surface area contributed by atoms with Crippen molar-refractivity contribution < 1.29 is 0 Å². The Morgan fingerprint density at radius 3 is 2.86 bits per heavy atom. The lowest BCUT2D eigenvalue weighted by Crippen LogP contribution is -2.13. The van der Waals surface area contributed by atoms with Crippen LogP contribution in [0, 0.1) is 12.3 Å². The van der Waals surface area contributed by atoms with Gasteiger partial charge in [0.2, 0.25) is 0 Å². The molecule has 0 radical (unpaired) electrons. The first-order valence-electron chi connectivity index (χ1n) is 5.05. The smallest absolute Gasteiger partial charge is 0.129 e. The minimum atomic E-state index is 0.509. The molecule has 3 N–H and O–H groups in total. The maximum Gasteiger partial charge on any atom is 0.129 e. The van der Waals surface area contributed by atoms with Crippen LogP contribution in [0.25, 0.3) is 0 Å². The summed E-state index contributed by atoms with van der Waals surface area (Å²) in [4.78, 5) is 4.27. The summed E-state index contributed by atoms with van der Waals surface area (Å²) < 4.78 is 0. The van der Waals surface area contributed by atoms with Gasteiger partial charge in [-0.05, 0) is 36.8 Å². The molecule has 0 unspecified atom stereocenters. The summed E-state index contributed by atoms with van der Waals surface area (Å²) in [6, 6.07) is 1.95. The fraction of sp³-hybridized carbons (Fsp3) is 0.545. The Kier molecular flexibility index (Phi) is 2.10. The van der Waals surface area contributed by atoms with Gasteiger partial charge in [-0.15, -0.1) is 0 Å². The van der Waals surface area contributed by atoms with Crippen molar-refractivity contribution in [1.82, 2.24) is 4.98 Å². The molecule has 0 aromatic carbocycles. The van der Waals surface area contributed by atoms with Crippen LogP contribution < -0.4 is 11.1 Å². The number of hydrogen-bond acceptors (Lipinski definition) is 3. The monoisotopic (exact) mass is 191 g/mol. The molecule has 3 nitrogen and oxygen atoms in total. The predicted octanol–water partition coefficient (Wildman–Crippen LogP) is 2.18. The molecule has 0 aliphatic heterocycles. The summed E-state index contributed by atoms with van der Waals surface area (Å²) in [5.41, 5.74) is 7.99. The Morgan fingerprint density at radius 1 is 1.57 bits per heavy atom. The molecule has 0 spiro atoms. The molecule has 1 aliphatic carbocycles. The van der Waals surface area contributed by atoms with E-state index in [2.05, 4.69) is 17.2 Å². The van der Waals surface area contributed by atoms with Crippen LogP contribution in [0.3, 0.4) is 0 Å². The second-order valence-corrected chi connectivity index (χ2v) is 4.60. The van der Waals surface area contributed by atoms with Gasteiger partial charge >= 0.3 is 0 Å². The molecule has 0 amide bonds. The molecular weight excluding hydrogens is 174 g/mol. The topological polar surface area (TPSA) is 50.9 Å². The summed E-state index contributed by atoms with van der Waals surface area (Å²) in [6.07, 6.45) is 4.35. The van der Waals surface area contributed by atoms with Crippen molar-refractivity contribution in [3.8, 4) is 0 Å². The van der Waals surface area contributed by atoms with Gasteiger partial charge in [0.25, 0.3) is 0 Å². The molecule has 0 bridgehead atoms. The Labute approximate surface area is 84.7 Å². The summed E-state index contributed by atoms with van der Waals surface area (Å²) >= 11 is 0. The second-order valence-electron chi connectivity index (χ2n) is 4.60. The van der Waals surface area contributed by atoms with Crippen molar-refractivity contribution in [1.29, 1.82) is 0 Å². The van der Waals surface area contributed by atoms with Crippen molar-refractivity contribution >= 4 is 11.5 Å². The van der Waals surface area contributed by atoms with Gasteiger partial charge in [-0.1, -0.05) is 6.92 Å². The normalized spacial score (nSPS) is 17.9. The molecule has 14 heavy (non-hydrogen) atoms. The van der Waals surface area contributed by atoms with Crippen LogP contribution in [0.5, 0.6) is 0 Å². The SMILES string of the molecule is Cc1cc(N)cnc1NCC1(C)CC1. The number of rotatable bonds is 3. The van der Waals surface area contributed by atoms with Crippen LogP contribution in [-0.2, 0) is 0 Å². The molecule has 1 aliphatic rings. The summed E-state index contributed by atoms with van der Waals surface area (Å²) in [6.45, 7) is 5.35. The number of nitrogens with one attached hydrogen (secondary N) is 1. The Bertz CT molecular complexity index is 342. The lowest BCUT2D eigenvalue weighted by atomic mass is 10.1. The van der Waals surface area contributed by atoms with E-state index in [1.165, 1.54) is 12.8 Å². The van der Waals surface area contributed by atoms with Crippen LogP contribution in [0.4, 0.5) is 11.5 Å². The molecule has 1 saturated carbocycles. The minimum absolute atomic E-state index is 0.509. The number of pyridine rings is 1. The number of nitrogens with two attached hydrogens (primary N) is 1. The van der Waals surface area contributed by atoms with E-state index in [4.69, 9.17) is 5.73 Å². The Balaban J connectivity index is 2.02. The number of hydrogen-bond donors (Lipinski definition) is 2. The van der Waals surface area contributed by atoms with E-state index < -0.39 is 0 Å². The minimum Gasteiger partial charge on any atom is -0.397 e. The summed E-state index contributed by atoms with van der Waals surface area (Å²) in [5, 5.41) is 3.38. The largest absolute Gasteiger partial charge is 0.397 e. The van der Waals surface area contributed by atoms with E-state index in [-0.39, 0.29) is 0 Å². The van der Waals surface area contributed by atoms with E-state index in [1.807, 2.05) is 13.0 Å². The zero-order valence-corrected chi connectivity index (χ0v) is 8.80. The van der Waals surface area contributed by atoms with Crippen LogP contribution in [0.15, 0.2) is 12.3 Å². The first-order valence-corrected chi connectivity index (χ1v) is 5.05. The van der Waals surface area contributed by atoms with Gasteiger partial charge in [-0.25, -0.2) is 4.98 Å². The highest BCUT2D eigenvalue weighted by molar-refractivity contribution is 5.50. The maximum atomic E-state index is 5.63. The van der Waals surface area contributed by atoms with Crippen LogP contribution in [0.2, 0.25) is 0 Å². The van der Waals surface area contributed by atoms with Gasteiger partial charge in [0.1, 0.15) is 5.82 Å². The average molecular weight is 191 g/mol. The summed E-state index contributed by atoms with van der Waals surface area (Å²) in [5.74, 6) is 0.965. The Hall–Kier alpha value is -1.25. The molecule has 0 saturated heterocycles. The molecule has 2 rings (SSSR count). The zero-order chi connectivity index (χ0) is 10.2. The van der Waals surface area contributed by atoms with Crippen molar-refractivity contribution in [2.75, 3.05) is 17.6 Å². The quantitative estimate of drug-likeness (QED) is 0.770. The van der Waals surface area contributed by atoms with Crippen molar-refractivity contribution in [3.05, 3.63) is 17.8 Å². The third-order valence-corrected chi connectivity index (χ3v) is 2.89. The van der Waals surface area contributed by atoms with Crippen LogP contribution >= 0.6 is 0 Å². The van der Waals surface area contributed by atoms with Crippen molar-refractivity contribution in [2.24, 2.45) is 5.41 Å². The van der Waals surface area contributed by atoms with Gasteiger partial charge in [-0.2, -0.15) is 0 Å². The number of aromatic nitrogens is 1. The molecule has 3 heteroatoms. The van der Waals surface area contributed by atoms with E-state index >= 15 is 0 Å². The lowest BCUT2D eigenvalue weighted by Gasteiger charge is -2.12. The van der Waals surface area contributed by atoms with E-state index in [9.17, 15) is 0 Å². The molecular formula is C11H17N3. The first-order chi connectivity index (χ1) is 6.59. The highest BCUT2D eigenvalue weighted by Gasteiger charge is 2.36. The molecule has 1 aromatic rings. The van der Waals surface area contributed by atoms with Gasteiger partial charge in [0.15, 0.2) is 0 Å². The zero-order valence-electron chi connectivity index (χ0n) is 8.80. The van der Waals surface area contributed by atoms with Crippen LogP contribution in [-0.4, -0.2) is 11.5 Å². The average Bonchev–Trinajstić information content (AvgIpc) is 2.83. The second kappa shape index (κ2) is 3.15. The van der Waals surface area contributed by atoms with Gasteiger partial charge in [-0.3, -0.25) is 0 Å². The number of anilines is 2. The fourth-order valence-corrected chi connectivity index (χ4v) is 1.47. The maximum absolute atomic E-state index is 5.63. The van der Waals surface area contributed by atoms with Crippen molar-refractivity contribution in [3.63, 3.8) is 0 Å². The molecule has 1 aromatic heterocycles. The van der Waals surface area contributed by atoms with Crippen molar-refractivity contribution in [2.45, 2.75) is 26.7 Å². The van der Waals surface area contributed by atoms with E-state index in [1.54, 1.807) is 6.20 Å². The van der Waals surface area contributed by atoms with Gasteiger partial charge in [0.05, 0.1) is 11.9 Å². The van der Waals surface area contributed by atoms with Crippen LogP contribution in [0.1, 0.15) is 25.3 Å². The number of nitrogens with zero attached hydrogens (tertiary/aromatic N) is 1. The van der Waals surface area contributed by atoms with E-state index in [0.29, 0.717) is 5.41 Å². The number of nitrogen functional groups attached to an aromatic ring is 1. The van der Waals surface area contributed by atoms with E-state index in [0.717, 1.165) is 23.6 Å². The Morgan fingerprint density at radius 2 is 2.29 bits per heavy atom. The number of aryl methyl sites for hydroxylation is 1. The molecule has 1 fully saturated rings. The van der Waals surface area contributed by atoms with Gasteiger partial charge in [0, 0.05) is 6.54 Å². The molecule has 1 heterocycles. The summed E-state index contributed by atoms with van der Waals surface area (Å²) in [7, 11) is 0. The highest BCUT2D eigenvalue weighted by atomic mass is 15.0. The third kappa shape index (κ3) is 1.97. The lowest BCUT2D eigenvalue weighted by molar-refractivity contribution is 0.609. The fourth-order valence-electron chi connectivity index (χ4n) is 1.47. The predicted molar refractivity (Wildman–Crippen MR) is 59.2 cm³/mol. The first kappa shape index (κ1) is 9.31. The highest BCUT2D eigenvalue weighted by Crippen LogP contribution is 2.44. The molecule has 76 valence electrons. The third-order valence-electron chi connectivity index (χ3n) is 2.89. The standard InChI is InChI=1S/C11H17N3/c1-8-5-9(12)6-13-10(8)14-7-11(2)3-4-11/h5-6H,3-4,7,12H2,1-2H3,(H,13,14). The van der Waals surface area contributed by atoms with Gasteiger partial charge < -0.3 is 11.1 Å².